The van der Waals surface area contributed by atoms with E-state index in [1.807, 2.05) is 0 Å². The predicted molar refractivity (Wildman–Crippen MR) is 94.4 cm³/mol. The molecule has 0 radical (unpaired) electrons. The Hall–Kier alpha value is -2.80. The smallest absolute Gasteiger partial charge is 0.306 e. The van der Waals surface area contributed by atoms with E-state index < -0.39 is 23.7 Å². The zero-order valence-electron chi connectivity index (χ0n) is 14.7. The van der Waals surface area contributed by atoms with Gasteiger partial charge in [0.2, 0.25) is 0 Å². The molecule has 0 aromatic heterocycles. The number of carboxylic acid groups (broad SMARTS) is 1. The number of carbonyl (C=O) groups excluding carboxylic acids is 1. The van der Waals surface area contributed by atoms with Crippen molar-refractivity contribution in [3.63, 3.8) is 0 Å². The van der Waals surface area contributed by atoms with E-state index in [1.54, 1.807) is 6.92 Å². The molecule has 0 aliphatic carbocycles. The standard InChI is InChI=1S/C20H19F2NO4/c1-12-8-14(21)3-5-16(12)17-4-2-13(9-18(17)22)20(26)23-6-7-27-15(11-23)10-19(24)25/h2-5,8-9,15H,6-7,10-11H2,1H3,(H,24,25)/t15-/m0/s1. The molecule has 1 aliphatic heterocycles. The van der Waals surface area contributed by atoms with E-state index >= 15 is 0 Å². The van der Waals surface area contributed by atoms with E-state index in [-0.39, 0.29) is 36.6 Å². The fourth-order valence-corrected chi connectivity index (χ4v) is 3.20. The van der Waals surface area contributed by atoms with Crippen molar-refractivity contribution in [2.24, 2.45) is 0 Å². The number of rotatable bonds is 4. The van der Waals surface area contributed by atoms with E-state index in [1.165, 1.54) is 35.2 Å². The second kappa shape index (κ2) is 7.84. The number of benzene rings is 2. The number of aryl methyl sites for hydroxylation is 1. The molecule has 1 amide bonds. The van der Waals surface area contributed by atoms with Crippen LogP contribution in [0.2, 0.25) is 0 Å². The van der Waals surface area contributed by atoms with E-state index in [4.69, 9.17) is 9.84 Å². The molecule has 27 heavy (non-hydrogen) atoms. The van der Waals surface area contributed by atoms with Gasteiger partial charge in [-0.1, -0.05) is 12.1 Å². The molecule has 0 spiro atoms. The second-order valence-corrected chi connectivity index (χ2v) is 6.50. The second-order valence-electron chi connectivity index (χ2n) is 6.50. The highest BCUT2D eigenvalue weighted by Crippen LogP contribution is 2.28. The monoisotopic (exact) mass is 375 g/mol. The fourth-order valence-electron chi connectivity index (χ4n) is 3.20. The SMILES string of the molecule is Cc1cc(F)ccc1-c1ccc(C(=O)N2CCO[C@@H](CC(=O)O)C2)cc1F. The number of hydrogen-bond acceptors (Lipinski definition) is 3. The van der Waals surface area contributed by atoms with Crippen molar-refractivity contribution in [3.05, 3.63) is 59.2 Å². The third-order valence-electron chi connectivity index (χ3n) is 4.52. The molecule has 7 heteroatoms. The Morgan fingerprint density at radius 1 is 1.19 bits per heavy atom. The molecule has 0 saturated carbocycles. The lowest BCUT2D eigenvalue weighted by molar-refractivity contribution is -0.141. The van der Waals surface area contributed by atoms with Crippen molar-refractivity contribution in [1.82, 2.24) is 4.90 Å². The predicted octanol–water partition coefficient (Wildman–Crippen LogP) is 3.26. The van der Waals surface area contributed by atoms with Gasteiger partial charge in [-0.05, 0) is 42.3 Å². The van der Waals surface area contributed by atoms with E-state index in [0.29, 0.717) is 17.7 Å². The third kappa shape index (κ3) is 4.31. The van der Waals surface area contributed by atoms with Crippen LogP contribution in [-0.4, -0.2) is 47.7 Å². The van der Waals surface area contributed by atoms with Crippen molar-refractivity contribution in [2.45, 2.75) is 19.4 Å². The summed E-state index contributed by atoms with van der Waals surface area (Å²) in [6.45, 7) is 2.38. The van der Waals surface area contributed by atoms with Crippen LogP contribution in [0.1, 0.15) is 22.3 Å². The molecule has 1 fully saturated rings. The van der Waals surface area contributed by atoms with Gasteiger partial charge in [-0.3, -0.25) is 9.59 Å². The van der Waals surface area contributed by atoms with Crippen LogP contribution in [-0.2, 0) is 9.53 Å². The molecule has 2 aromatic carbocycles. The first-order chi connectivity index (χ1) is 12.8. The number of hydrogen-bond donors (Lipinski definition) is 1. The van der Waals surface area contributed by atoms with E-state index in [0.717, 1.165) is 6.07 Å². The van der Waals surface area contributed by atoms with Crippen LogP contribution < -0.4 is 0 Å². The molecule has 5 nitrogen and oxygen atoms in total. The van der Waals surface area contributed by atoms with Gasteiger partial charge in [-0.15, -0.1) is 0 Å². The summed E-state index contributed by atoms with van der Waals surface area (Å²) in [5.74, 6) is -2.35. The Balaban J connectivity index is 1.80. The lowest BCUT2D eigenvalue weighted by Gasteiger charge is -2.32. The van der Waals surface area contributed by atoms with Gasteiger partial charge in [0.1, 0.15) is 11.6 Å². The van der Waals surface area contributed by atoms with Gasteiger partial charge in [0.25, 0.3) is 5.91 Å². The summed E-state index contributed by atoms with van der Waals surface area (Å²) in [5.41, 5.74) is 1.61. The molecule has 142 valence electrons. The highest BCUT2D eigenvalue weighted by Gasteiger charge is 2.27. The Bertz CT molecular complexity index is 884. The minimum atomic E-state index is -1.00. The third-order valence-corrected chi connectivity index (χ3v) is 4.52. The first-order valence-electron chi connectivity index (χ1n) is 8.54. The van der Waals surface area contributed by atoms with E-state index in [2.05, 4.69) is 0 Å². The maximum atomic E-state index is 14.6. The van der Waals surface area contributed by atoms with E-state index in [9.17, 15) is 18.4 Å². The molecule has 2 aromatic rings. The van der Waals surface area contributed by atoms with Crippen molar-refractivity contribution in [2.75, 3.05) is 19.7 Å². The maximum Gasteiger partial charge on any atom is 0.306 e. The minimum absolute atomic E-state index is 0.144. The first-order valence-corrected chi connectivity index (χ1v) is 8.54. The lowest BCUT2D eigenvalue weighted by atomic mass is 9.98. The summed E-state index contributed by atoms with van der Waals surface area (Å²) < 4.78 is 33.2. The lowest BCUT2D eigenvalue weighted by Crippen LogP contribution is -2.46. The van der Waals surface area contributed by atoms with Crippen molar-refractivity contribution in [1.29, 1.82) is 0 Å². The Morgan fingerprint density at radius 2 is 1.93 bits per heavy atom. The van der Waals surface area contributed by atoms with Crippen LogP contribution >= 0.6 is 0 Å². The number of carbonyl (C=O) groups is 2. The maximum absolute atomic E-state index is 14.6. The van der Waals surface area contributed by atoms with Crippen molar-refractivity contribution in [3.8, 4) is 11.1 Å². The van der Waals surface area contributed by atoms with Crippen molar-refractivity contribution < 1.29 is 28.2 Å². The zero-order valence-corrected chi connectivity index (χ0v) is 14.7. The molecule has 1 heterocycles. The molecule has 0 bridgehead atoms. The molecule has 1 N–H and O–H groups in total. The van der Waals surface area contributed by atoms with Crippen LogP contribution in [0.25, 0.3) is 11.1 Å². The van der Waals surface area contributed by atoms with Gasteiger partial charge >= 0.3 is 5.97 Å². The van der Waals surface area contributed by atoms with Crippen LogP contribution in [0.3, 0.4) is 0 Å². The average Bonchev–Trinajstić information content (AvgIpc) is 2.61. The molecular weight excluding hydrogens is 356 g/mol. The zero-order chi connectivity index (χ0) is 19.6. The molecule has 1 atom stereocenters. The highest BCUT2D eigenvalue weighted by atomic mass is 19.1. The number of nitrogens with zero attached hydrogens (tertiary/aromatic N) is 1. The summed E-state index contributed by atoms with van der Waals surface area (Å²) in [5, 5.41) is 8.87. The minimum Gasteiger partial charge on any atom is -0.481 e. The highest BCUT2D eigenvalue weighted by molar-refractivity contribution is 5.95. The van der Waals surface area contributed by atoms with Crippen molar-refractivity contribution >= 4 is 11.9 Å². The largest absolute Gasteiger partial charge is 0.481 e. The molecule has 0 unspecified atom stereocenters. The van der Waals surface area contributed by atoms with Crippen LogP contribution in [0, 0.1) is 18.6 Å². The van der Waals surface area contributed by atoms with Crippen LogP contribution in [0.15, 0.2) is 36.4 Å². The number of carboxylic acids is 1. The normalized spacial score (nSPS) is 17.0. The summed E-state index contributed by atoms with van der Waals surface area (Å²) in [4.78, 5) is 24.9. The summed E-state index contributed by atoms with van der Waals surface area (Å²) in [7, 11) is 0. The quantitative estimate of drug-likeness (QED) is 0.891. The number of aliphatic carboxylic acids is 1. The topological polar surface area (TPSA) is 66.8 Å². The summed E-state index contributed by atoms with van der Waals surface area (Å²) in [6.07, 6.45) is -0.771. The van der Waals surface area contributed by atoms with Gasteiger partial charge in [0.05, 0.1) is 19.1 Å². The Labute approximate surface area is 155 Å². The van der Waals surface area contributed by atoms with Crippen LogP contribution in [0.5, 0.6) is 0 Å². The average molecular weight is 375 g/mol. The Kier molecular flexibility index (Phi) is 5.51. The fraction of sp³-hybridized carbons (Fsp3) is 0.300. The number of morpholine rings is 1. The number of halogens is 2. The summed E-state index contributed by atoms with van der Waals surface area (Å²) in [6, 6.07) is 8.26. The number of ether oxygens (including phenoxy) is 1. The van der Waals surface area contributed by atoms with Gasteiger partial charge in [0, 0.05) is 24.2 Å². The molecular formula is C20H19F2NO4. The van der Waals surface area contributed by atoms with Gasteiger partial charge < -0.3 is 14.7 Å². The van der Waals surface area contributed by atoms with Gasteiger partial charge in [0.15, 0.2) is 0 Å². The summed E-state index contributed by atoms with van der Waals surface area (Å²) >= 11 is 0. The van der Waals surface area contributed by atoms with Gasteiger partial charge in [-0.2, -0.15) is 0 Å². The molecule has 3 rings (SSSR count). The van der Waals surface area contributed by atoms with Gasteiger partial charge in [-0.25, -0.2) is 8.78 Å². The van der Waals surface area contributed by atoms with Crippen LogP contribution in [0.4, 0.5) is 8.78 Å². The Morgan fingerprint density at radius 3 is 2.59 bits per heavy atom. The number of amides is 1. The molecule has 1 aliphatic rings. The molecule has 1 saturated heterocycles. The first kappa shape index (κ1) is 19.0.